The Bertz CT molecular complexity index is 866. The summed E-state index contributed by atoms with van der Waals surface area (Å²) in [5.41, 5.74) is 1.17. The van der Waals surface area contributed by atoms with E-state index in [-0.39, 0.29) is 12.5 Å². The third-order valence-electron chi connectivity index (χ3n) is 3.24. The molecular formula is C17H13ClN2O3S. The van der Waals surface area contributed by atoms with Crippen LogP contribution in [0.2, 0.25) is 5.02 Å². The molecule has 0 spiro atoms. The molecule has 7 heteroatoms. The molecule has 1 aromatic heterocycles. The first-order chi connectivity index (χ1) is 11.7. The van der Waals surface area contributed by atoms with Crippen molar-refractivity contribution in [3.8, 4) is 11.4 Å². The number of hydrogen-bond donors (Lipinski definition) is 0. The summed E-state index contributed by atoms with van der Waals surface area (Å²) in [5.74, 6) is 0.133. The molecule has 5 nitrogen and oxygen atoms in total. The molecule has 0 aliphatic rings. The van der Waals surface area contributed by atoms with Crippen molar-refractivity contribution < 1.29 is 14.1 Å². The molecule has 0 saturated carbocycles. The van der Waals surface area contributed by atoms with Crippen molar-refractivity contribution in [2.45, 2.75) is 11.5 Å². The number of ether oxygens (including phenoxy) is 1. The second-order valence-electron chi connectivity index (χ2n) is 4.77. The van der Waals surface area contributed by atoms with Crippen LogP contribution in [0.1, 0.15) is 16.2 Å². The van der Waals surface area contributed by atoms with E-state index in [1.165, 1.54) is 11.8 Å². The fourth-order valence-corrected chi connectivity index (χ4v) is 2.89. The summed E-state index contributed by atoms with van der Waals surface area (Å²) in [6.07, 6.45) is 1.90. The van der Waals surface area contributed by atoms with Gasteiger partial charge in [0.1, 0.15) is 0 Å². The van der Waals surface area contributed by atoms with Gasteiger partial charge in [-0.3, -0.25) is 0 Å². The van der Waals surface area contributed by atoms with E-state index in [2.05, 4.69) is 10.1 Å². The number of thioether (sulfide) groups is 1. The number of nitrogens with zero attached hydrogens (tertiary/aromatic N) is 2. The maximum atomic E-state index is 12.2. The molecule has 0 unspecified atom stereocenters. The van der Waals surface area contributed by atoms with Crippen LogP contribution >= 0.6 is 23.4 Å². The normalized spacial score (nSPS) is 10.6. The minimum absolute atomic E-state index is 0.0982. The Labute approximate surface area is 148 Å². The molecule has 2 aromatic carbocycles. The first kappa shape index (κ1) is 16.5. The van der Waals surface area contributed by atoms with Gasteiger partial charge in [0, 0.05) is 10.5 Å². The van der Waals surface area contributed by atoms with E-state index in [1.54, 1.807) is 24.3 Å². The lowest BCUT2D eigenvalue weighted by atomic mass is 10.2. The minimum Gasteiger partial charge on any atom is -0.452 e. The highest BCUT2D eigenvalue weighted by atomic mass is 35.5. The highest BCUT2D eigenvalue weighted by Gasteiger charge is 2.15. The van der Waals surface area contributed by atoms with E-state index in [1.807, 2.05) is 30.5 Å². The van der Waals surface area contributed by atoms with Crippen molar-refractivity contribution in [3.63, 3.8) is 0 Å². The van der Waals surface area contributed by atoms with Gasteiger partial charge in [-0.15, -0.1) is 11.8 Å². The average Bonchev–Trinajstić information content (AvgIpc) is 3.08. The Hall–Kier alpha value is -2.31. The molecule has 0 amide bonds. The minimum atomic E-state index is -0.433. The number of carbonyl (C=O) groups is 1. The van der Waals surface area contributed by atoms with Crippen LogP contribution in [-0.2, 0) is 11.3 Å². The zero-order valence-corrected chi connectivity index (χ0v) is 14.3. The highest BCUT2D eigenvalue weighted by Crippen LogP contribution is 2.25. The molecule has 0 fully saturated rings. The van der Waals surface area contributed by atoms with Crippen LogP contribution in [0.4, 0.5) is 0 Å². The molecule has 0 saturated heterocycles. The van der Waals surface area contributed by atoms with Crippen molar-refractivity contribution >= 4 is 29.3 Å². The van der Waals surface area contributed by atoms with Crippen LogP contribution in [0.3, 0.4) is 0 Å². The third-order valence-corrected chi connectivity index (χ3v) is 4.36. The van der Waals surface area contributed by atoms with Crippen molar-refractivity contribution in [1.29, 1.82) is 0 Å². The Morgan fingerprint density at radius 3 is 2.75 bits per heavy atom. The third kappa shape index (κ3) is 3.60. The summed E-state index contributed by atoms with van der Waals surface area (Å²) < 4.78 is 10.4. The van der Waals surface area contributed by atoms with Crippen molar-refractivity contribution in [2.75, 3.05) is 6.26 Å². The number of esters is 1. The molecule has 0 radical (unpaired) electrons. The fraction of sp³-hybridized carbons (Fsp3) is 0.118. The summed E-state index contributed by atoms with van der Waals surface area (Å²) in [5, 5.41) is 4.39. The number of aromatic nitrogens is 2. The van der Waals surface area contributed by atoms with E-state index < -0.39 is 5.97 Å². The van der Waals surface area contributed by atoms with E-state index in [0.29, 0.717) is 22.0 Å². The highest BCUT2D eigenvalue weighted by molar-refractivity contribution is 7.98. The molecule has 1 heterocycles. The molecule has 122 valence electrons. The zero-order valence-electron chi connectivity index (χ0n) is 12.7. The number of rotatable bonds is 5. The average molecular weight is 361 g/mol. The summed E-state index contributed by atoms with van der Waals surface area (Å²) in [7, 11) is 0. The largest absolute Gasteiger partial charge is 0.452 e. The predicted molar refractivity (Wildman–Crippen MR) is 92.1 cm³/mol. The molecule has 0 N–H and O–H groups in total. The Morgan fingerprint density at radius 1 is 1.21 bits per heavy atom. The van der Waals surface area contributed by atoms with Gasteiger partial charge >= 0.3 is 5.97 Å². The lowest BCUT2D eigenvalue weighted by molar-refractivity contribution is 0.0425. The first-order valence-electron chi connectivity index (χ1n) is 7.06. The van der Waals surface area contributed by atoms with Crippen LogP contribution in [-0.4, -0.2) is 22.4 Å². The van der Waals surface area contributed by atoms with Gasteiger partial charge < -0.3 is 9.26 Å². The summed E-state index contributed by atoms with van der Waals surface area (Å²) >= 11 is 7.58. The molecule has 24 heavy (non-hydrogen) atoms. The van der Waals surface area contributed by atoms with E-state index >= 15 is 0 Å². The quantitative estimate of drug-likeness (QED) is 0.494. The lowest BCUT2D eigenvalue weighted by Gasteiger charge is -2.05. The molecule has 0 atom stereocenters. The summed E-state index contributed by atoms with van der Waals surface area (Å²) in [6, 6.07) is 14.4. The molecular weight excluding hydrogens is 348 g/mol. The van der Waals surface area contributed by atoms with Crippen LogP contribution in [0, 0.1) is 0 Å². The fourth-order valence-electron chi connectivity index (χ4n) is 2.08. The zero-order chi connectivity index (χ0) is 16.9. The van der Waals surface area contributed by atoms with Crippen LogP contribution in [0.15, 0.2) is 57.9 Å². The Balaban J connectivity index is 1.70. The lowest BCUT2D eigenvalue weighted by Crippen LogP contribution is -2.06. The smallest absolute Gasteiger partial charge is 0.339 e. The number of carbonyl (C=O) groups excluding carboxylic acids is 1. The maximum absolute atomic E-state index is 12.2. The van der Waals surface area contributed by atoms with E-state index in [0.717, 1.165) is 4.90 Å². The van der Waals surface area contributed by atoms with E-state index in [4.69, 9.17) is 20.9 Å². The van der Waals surface area contributed by atoms with Gasteiger partial charge in [0.2, 0.25) is 5.82 Å². The van der Waals surface area contributed by atoms with Gasteiger partial charge in [-0.2, -0.15) is 4.98 Å². The predicted octanol–water partition coefficient (Wildman–Crippen LogP) is 4.47. The Kier molecular flexibility index (Phi) is 5.17. The van der Waals surface area contributed by atoms with Crippen molar-refractivity contribution in [1.82, 2.24) is 10.1 Å². The van der Waals surface area contributed by atoms with Crippen molar-refractivity contribution in [2.24, 2.45) is 0 Å². The topological polar surface area (TPSA) is 65.2 Å². The molecule has 3 aromatic rings. The second kappa shape index (κ2) is 7.51. The molecule has 0 bridgehead atoms. The molecule has 0 aliphatic carbocycles. The van der Waals surface area contributed by atoms with Gasteiger partial charge in [0.05, 0.1) is 10.6 Å². The molecule has 3 rings (SSSR count). The SMILES string of the molecule is CSc1ccccc1C(=O)OCc1nc(-c2ccccc2Cl)no1. The van der Waals surface area contributed by atoms with E-state index in [9.17, 15) is 4.79 Å². The number of benzene rings is 2. The second-order valence-corrected chi connectivity index (χ2v) is 6.02. The van der Waals surface area contributed by atoms with Crippen LogP contribution in [0.5, 0.6) is 0 Å². The Morgan fingerprint density at radius 2 is 1.96 bits per heavy atom. The molecule has 0 aliphatic heterocycles. The number of halogens is 1. The summed E-state index contributed by atoms with van der Waals surface area (Å²) in [6.45, 7) is -0.0982. The first-order valence-corrected chi connectivity index (χ1v) is 8.67. The van der Waals surface area contributed by atoms with Gasteiger partial charge in [-0.1, -0.05) is 41.0 Å². The van der Waals surface area contributed by atoms with Crippen LogP contribution in [0.25, 0.3) is 11.4 Å². The van der Waals surface area contributed by atoms with Crippen molar-refractivity contribution in [3.05, 3.63) is 65.0 Å². The maximum Gasteiger partial charge on any atom is 0.339 e. The monoisotopic (exact) mass is 360 g/mol. The van der Waals surface area contributed by atoms with Gasteiger partial charge in [0.15, 0.2) is 6.61 Å². The van der Waals surface area contributed by atoms with Gasteiger partial charge in [-0.25, -0.2) is 4.79 Å². The summed E-state index contributed by atoms with van der Waals surface area (Å²) in [4.78, 5) is 17.2. The number of hydrogen-bond acceptors (Lipinski definition) is 6. The van der Waals surface area contributed by atoms with Gasteiger partial charge in [0.25, 0.3) is 5.89 Å². The standard InChI is InChI=1S/C17H13ClN2O3S/c1-24-14-9-5-3-7-12(14)17(21)22-10-15-19-16(20-23-15)11-6-2-4-8-13(11)18/h2-9H,10H2,1H3. The van der Waals surface area contributed by atoms with Gasteiger partial charge in [-0.05, 0) is 30.5 Å². The van der Waals surface area contributed by atoms with Crippen LogP contribution < -0.4 is 0 Å².